The van der Waals surface area contributed by atoms with Crippen LogP contribution in [0.2, 0.25) is 5.02 Å². The van der Waals surface area contributed by atoms with E-state index in [2.05, 4.69) is 25.9 Å². The number of halogens is 4. The van der Waals surface area contributed by atoms with Gasteiger partial charge < -0.3 is 5.32 Å². The Morgan fingerprint density at radius 1 is 1.12 bits per heavy atom. The monoisotopic (exact) mass is 473 g/mol. The fraction of sp³-hybridized carbons (Fsp3) is 0.190. The highest BCUT2D eigenvalue weighted by molar-refractivity contribution is 6.30. The molecule has 8 nitrogen and oxygen atoms in total. The van der Waals surface area contributed by atoms with Gasteiger partial charge in [0.05, 0.1) is 23.5 Å². The van der Waals surface area contributed by atoms with E-state index >= 15 is 0 Å². The number of alkyl halides is 3. The van der Waals surface area contributed by atoms with Gasteiger partial charge in [-0.15, -0.1) is 5.10 Å². The van der Waals surface area contributed by atoms with Crippen molar-refractivity contribution in [3.63, 3.8) is 0 Å². The molecule has 5 rings (SSSR count). The van der Waals surface area contributed by atoms with Gasteiger partial charge in [0.1, 0.15) is 0 Å². The second-order valence-corrected chi connectivity index (χ2v) is 7.95. The Morgan fingerprint density at radius 3 is 2.64 bits per heavy atom. The lowest BCUT2D eigenvalue weighted by atomic mass is 10.1. The molecule has 168 valence electrons. The maximum Gasteiger partial charge on any atom is 0.434 e. The summed E-state index contributed by atoms with van der Waals surface area (Å²) in [5, 5.41) is 18.3. The van der Waals surface area contributed by atoms with Crippen molar-refractivity contribution in [3.8, 4) is 17.1 Å². The van der Waals surface area contributed by atoms with Gasteiger partial charge in [0.2, 0.25) is 0 Å². The number of amides is 1. The SMILES string of the molecule is O=C(Nc1cccc(-c2nnnn2C2CC2)c1)c1cnn(-c2cccc(Cl)c2)c1C(F)(F)F. The third kappa shape index (κ3) is 4.19. The van der Waals surface area contributed by atoms with Gasteiger partial charge in [0.15, 0.2) is 11.5 Å². The molecule has 1 N–H and O–H groups in total. The third-order valence-electron chi connectivity index (χ3n) is 5.10. The molecule has 4 aromatic rings. The highest BCUT2D eigenvalue weighted by Gasteiger charge is 2.40. The van der Waals surface area contributed by atoms with Crippen molar-refractivity contribution in [2.45, 2.75) is 25.1 Å². The summed E-state index contributed by atoms with van der Waals surface area (Å²) in [6.45, 7) is 0. The molecular formula is C21H15ClF3N7O. The molecule has 0 spiro atoms. The summed E-state index contributed by atoms with van der Waals surface area (Å²) in [6.07, 6.45) is -1.99. The molecule has 2 aromatic carbocycles. The van der Waals surface area contributed by atoms with Gasteiger partial charge in [-0.1, -0.05) is 29.8 Å². The van der Waals surface area contributed by atoms with E-state index in [0.717, 1.165) is 19.0 Å². The van der Waals surface area contributed by atoms with Crippen molar-refractivity contribution in [1.82, 2.24) is 30.0 Å². The molecule has 33 heavy (non-hydrogen) atoms. The van der Waals surface area contributed by atoms with Crippen LogP contribution in [0.1, 0.15) is 34.9 Å². The summed E-state index contributed by atoms with van der Waals surface area (Å²) in [4.78, 5) is 12.8. The van der Waals surface area contributed by atoms with Crippen molar-refractivity contribution >= 4 is 23.2 Å². The number of tetrazole rings is 1. The zero-order chi connectivity index (χ0) is 23.2. The second kappa shape index (κ2) is 8.00. The second-order valence-electron chi connectivity index (χ2n) is 7.51. The normalized spacial score (nSPS) is 13.8. The number of rotatable bonds is 5. The Bertz CT molecular complexity index is 1340. The largest absolute Gasteiger partial charge is 0.434 e. The predicted molar refractivity (Wildman–Crippen MR) is 113 cm³/mol. The summed E-state index contributed by atoms with van der Waals surface area (Å²) < 4.78 is 44.1. The number of anilines is 1. The topological polar surface area (TPSA) is 90.5 Å². The van der Waals surface area contributed by atoms with Crippen LogP contribution < -0.4 is 5.32 Å². The lowest BCUT2D eigenvalue weighted by Crippen LogP contribution is -2.20. The molecule has 1 fully saturated rings. The quantitative estimate of drug-likeness (QED) is 0.450. The first-order chi connectivity index (χ1) is 15.8. The zero-order valence-corrected chi connectivity index (χ0v) is 17.5. The summed E-state index contributed by atoms with van der Waals surface area (Å²) in [7, 11) is 0. The fourth-order valence-corrected chi connectivity index (χ4v) is 3.66. The van der Waals surface area contributed by atoms with Crippen molar-refractivity contribution in [2.75, 3.05) is 5.32 Å². The third-order valence-corrected chi connectivity index (χ3v) is 5.33. The van der Waals surface area contributed by atoms with Crippen LogP contribution in [0.5, 0.6) is 0 Å². The van der Waals surface area contributed by atoms with Crippen molar-refractivity contribution < 1.29 is 18.0 Å². The predicted octanol–water partition coefficient (Wildman–Crippen LogP) is 4.79. The van der Waals surface area contributed by atoms with Crippen LogP contribution in [0.25, 0.3) is 17.1 Å². The van der Waals surface area contributed by atoms with E-state index in [0.29, 0.717) is 21.8 Å². The Morgan fingerprint density at radius 2 is 1.91 bits per heavy atom. The first kappa shape index (κ1) is 21.1. The van der Waals surface area contributed by atoms with E-state index in [4.69, 9.17) is 11.6 Å². The van der Waals surface area contributed by atoms with Crippen molar-refractivity contribution in [3.05, 3.63) is 71.0 Å². The van der Waals surface area contributed by atoms with Crippen molar-refractivity contribution in [1.29, 1.82) is 0 Å². The van der Waals surface area contributed by atoms with E-state index in [1.54, 1.807) is 28.9 Å². The van der Waals surface area contributed by atoms with E-state index in [1.165, 1.54) is 24.3 Å². The van der Waals surface area contributed by atoms with E-state index in [9.17, 15) is 18.0 Å². The minimum Gasteiger partial charge on any atom is -0.322 e. The molecular weight excluding hydrogens is 459 g/mol. The highest BCUT2D eigenvalue weighted by Crippen LogP contribution is 2.37. The molecule has 1 aliphatic carbocycles. The first-order valence-corrected chi connectivity index (χ1v) is 10.3. The number of carbonyl (C=O) groups excluding carboxylic acids is 1. The number of hydrogen-bond acceptors (Lipinski definition) is 5. The van der Waals surface area contributed by atoms with Gasteiger partial charge in [-0.3, -0.25) is 4.79 Å². The Labute approximate surface area is 190 Å². The lowest BCUT2D eigenvalue weighted by Gasteiger charge is -2.13. The van der Waals surface area contributed by atoms with E-state index in [-0.39, 0.29) is 16.8 Å². The van der Waals surface area contributed by atoms with E-state index in [1.807, 2.05) is 0 Å². The van der Waals surface area contributed by atoms with Gasteiger partial charge >= 0.3 is 6.18 Å². The molecule has 0 radical (unpaired) electrons. The molecule has 0 atom stereocenters. The van der Waals surface area contributed by atoms with Gasteiger partial charge in [0.25, 0.3) is 5.91 Å². The smallest absolute Gasteiger partial charge is 0.322 e. The fourth-order valence-electron chi connectivity index (χ4n) is 3.47. The number of aromatic nitrogens is 6. The Hall–Kier alpha value is -3.73. The van der Waals surface area contributed by atoms with Gasteiger partial charge in [-0.2, -0.15) is 18.3 Å². The first-order valence-electron chi connectivity index (χ1n) is 9.92. The van der Waals surface area contributed by atoms with Crippen LogP contribution in [0.15, 0.2) is 54.7 Å². The Kier molecular flexibility index (Phi) is 5.12. The summed E-state index contributed by atoms with van der Waals surface area (Å²) in [5.41, 5.74) is -0.795. The Balaban J connectivity index is 1.47. The number of hydrogen-bond donors (Lipinski definition) is 1. The van der Waals surface area contributed by atoms with Crippen LogP contribution in [0.4, 0.5) is 18.9 Å². The molecule has 12 heteroatoms. The lowest BCUT2D eigenvalue weighted by molar-refractivity contribution is -0.143. The van der Waals surface area contributed by atoms with Crippen LogP contribution in [-0.2, 0) is 6.18 Å². The maximum atomic E-state index is 13.9. The average molecular weight is 474 g/mol. The zero-order valence-electron chi connectivity index (χ0n) is 16.8. The number of nitrogens with one attached hydrogen (secondary N) is 1. The van der Waals surface area contributed by atoms with Crippen LogP contribution in [0.3, 0.4) is 0 Å². The summed E-state index contributed by atoms with van der Waals surface area (Å²) in [6, 6.07) is 12.6. The minimum atomic E-state index is -4.83. The molecule has 0 saturated heterocycles. The van der Waals surface area contributed by atoms with Crippen molar-refractivity contribution in [2.24, 2.45) is 0 Å². The molecule has 1 amide bonds. The maximum absolute atomic E-state index is 13.9. The molecule has 1 saturated carbocycles. The van der Waals surface area contributed by atoms with Crippen LogP contribution in [0, 0.1) is 0 Å². The number of carbonyl (C=O) groups is 1. The van der Waals surface area contributed by atoms with E-state index < -0.39 is 23.3 Å². The summed E-state index contributed by atoms with van der Waals surface area (Å²) in [5.74, 6) is -0.423. The molecule has 2 aromatic heterocycles. The average Bonchev–Trinajstić information content (AvgIpc) is 3.31. The van der Waals surface area contributed by atoms with Gasteiger partial charge in [-0.25, -0.2) is 9.36 Å². The number of nitrogens with zero attached hydrogens (tertiary/aromatic N) is 6. The molecule has 2 heterocycles. The molecule has 0 bridgehead atoms. The van der Waals surface area contributed by atoms with Gasteiger partial charge in [-0.05, 0) is 53.6 Å². The molecule has 0 unspecified atom stereocenters. The number of benzene rings is 2. The highest BCUT2D eigenvalue weighted by atomic mass is 35.5. The summed E-state index contributed by atoms with van der Waals surface area (Å²) >= 11 is 5.91. The van der Waals surface area contributed by atoms with Crippen LogP contribution in [-0.4, -0.2) is 35.9 Å². The minimum absolute atomic E-state index is 0.0859. The molecule has 0 aliphatic heterocycles. The molecule has 1 aliphatic rings. The van der Waals surface area contributed by atoms with Crippen LogP contribution >= 0.6 is 11.6 Å². The standard InChI is InChI=1S/C21H15ClF3N7O/c22-13-4-2-6-16(10-13)31-18(21(23,24)25)17(11-26-31)20(33)27-14-5-1-3-12(9-14)19-28-29-30-32(19)15-7-8-15/h1-6,9-11,15H,7-8H2,(H,27,33). The van der Waals surface area contributed by atoms with Gasteiger partial charge in [0, 0.05) is 16.3 Å².